The van der Waals surface area contributed by atoms with Crippen molar-refractivity contribution in [1.82, 2.24) is 9.55 Å². The number of hydrogen-bond acceptors (Lipinski definition) is 2. The highest BCUT2D eigenvalue weighted by atomic mass is 16.5. The molecule has 0 bridgehead atoms. The maximum absolute atomic E-state index is 5.39. The first kappa shape index (κ1) is 10.3. The highest BCUT2D eigenvalue weighted by Gasteiger charge is 2.18. The van der Waals surface area contributed by atoms with E-state index in [9.17, 15) is 0 Å². The summed E-state index contributed by atoms with van der Waals surface area (Å²) in [6.45, 7) is 3.06. The first-order chi connectivity index (χ1) is 7.92. The van der Waals surface area contributed by atoms with Crippen LogP contribution in [0.1, 0.15) is 37.2 Å². The molecule has 1 fully saturated rings. The zero-order valence-corrected chi connectivity index (χ0v) is 9.82. The van der Waals surface area contributed by atoms with E-state index in [1.165, 1.54) is 50.2 Å². The first-order valence-electron chi connectivity index (χ1n) is 6.54. The van der Waals surface area contributed by atoms with E-state index in [0.29, 0.717) is 0 Å². The van der Waals surface area contributed by atoms with Gasteiger partial charge >= 0.3 is 0 Å². The molecule has 0 saturated carbocycles. The van der Waals surface area contributed by atoms with Crippen molar-refractivity contribution in [3.8, 4) is 0 Å². The van der Waals surface area contributed by atoms with Crippen LogP contribution >= 0.6 is 0 Å². The Balaban J connectivity index is 1.67. The monoisotopic (exact) mass is 220 g/mol. The van der Waals surface area contributed by atoms with E-state index in [0.717, 1.165) is 25.6 Å². The number of rotatable bonds is 2. The molecule has 3 nitrogen and oxygen atoms in total. The first-order valence-corrected chi connectivity index (χ1v) is 6.54. The summed E-state index contributed by atoms with van der Waals surface area (Å²) in [5.41, 5.74) is 1.31. The maximum atomic E-state index is 5.39. The Labute approximate surface area is 96.8 Å². The van der Waals surface area contributed by atoms with Crippen molar-refractivity contribution in [1.29, 1.82) is 0 Å². The molecule has 16 heavy (non-hydrogen) atoms. The van der Waals surface area contributed by atoms with E-state index in [4.69, 9.17) is 9.72 Å². The molecule has 0 aliphatic carbocycles. The van der Waals surface area contributed by atoms with Crippen molar-refractivity contribution in [3.63, 3.8) is 0 Å². The number of nitrogens with zero attached hydrogens (tertiary/aromatic N) is 2. The summed E-state index contributed by atoms with van der Waals surface area (Å²) < 4.78 is 7.75. The van der Waals surface area contributed by atoms with Gasteiger partial charge in [0.15, 0.2) is 0 Å². The third kappa shape index (κ3) is 2.14. The fourth-order valence-corrected chi connectivity index (χ4v) is 2.82. The molecule has 0 amide bonds. The zero-order chi connectivity index (χ0) is 10.8. The minimum Gasteiger partial charge on any atom is -0.381 e. The largest absolute Gasteiger partial charge is 0.381 e. The second-order valence-electron chi connectivity index (χ2n) is 5.06. The minimum absolute atomic E-state index is 0.797. The predicted molar refractivity (Wildman–Crippen MR) is 62.4 cm³/mol. The molecule has 1 saturated heterocycles. The number of ether oxygens (including phenoxy) is 1. The van der Waals surface area contributed by atoms with Gasteiger partial charge in [-0.15, -0.1) is 0 Å². The minimum atomic E-state index is 0.797. The molecule has 3 rings (SSSR count). The Bertz CT molecular complexity index is 329. The van der Waals surface area contributed by atoms with Crippen LogP contribution in [0.2, 0.25) is 0 Å². The van der Waals surface area contributed by atoms with Crippen LogP contribution in [-0.2, 0) is 24.1 Å². The predicted octanol–water partition coefficient (Wildman–Crippen LogP) is 2.19. The summed E-state index contributed by atoms with van der Waals surface area (Å²) in [5, 5.41) is 0. The van der Waals surface area contributed by atoms with Crippen molar-refractivity contribution in [3.05, 3.63) is 17.7 Å². The zero-order valence-electron chi connectivity index (χ0n) is 9.82. The highest BCUT2D eigenvalue weighted by Crippen LogP contribution is 2.21. The molecule has 3 heterocycles. The van der Waals surface area contributed by atoms with Gasteiger partial charge in [0.1, 0.15) is 5.82 Å². The summed E-state index contributed by atoms with van der Waals surface area (Å²) in [6, 6.07) is 0. The molecule has 1 aromatic heterocycles. The summed E-state index contributed by atoms with van der Waals surface area (Å²) in [7, 11) is 0. The summed E-state index contributed by atoms with van der Waals surface area (Å²) in [5.74, 6) is 2.11. The van der Waals surface area contributed by atoms with Crippen LogP contribution < -0.4 is 0 Å². The van der Waals surface area contributed by atoms with Gasteiger partial charge in [-0.05, 0) is 38.0 Å². The van der Waals surface area contributed by atoms with E-state index < -0.39 is 0 Å². The summed E-state index contributed by atoms with van der Waals surface area (Å²) in [4.78, 5) is 4.77. The smallest absolute Gasteiger partial charge is 0.108 e. The van der Waals surface area contributed by atoms with Crippen LogP contribution in [0.3, 0.4) is 0 Å². The molecule has 2 aliphatic rings. The quantitative estimate of drug-likeness (QED) is 0.764. The summed E-state index contributed by atoms with van der Waals surface area (Å²) in [6.07, 6.45) is 9.67. The molecule has 1 aromatic rings. The van der Waals surface area contributed by atoms with Crippen LogP contribution in [0.5, 0.6) is 0 Å². The Kier molecular flexibility index (Phi) is 2.96. The Morgan fingerprint density at radius 3 is 3.00 bits per heavy atom. The number of fused-ring (bicyclic) bond motifs is 1. The normalized spacial score (nSPS) is 22.0. The lowest BCUT2D eigenvalue weighted by atomic mass is 9.95. The molecule has 0 N–H and O–H groups in total. The van der Waals surface area contributed by atoms with Crippen molar-refractivity contribution in [2.45, 2.75) is 45.1 Å². The van der Waals surface area contributed by atoms with Crippen LogP contribution in [0, 0.1) is 5.92 Å². The van der Waals surface area contributed by atoms with Gasteiger partial charge in [0.2, 0.25) is 0 Å². The van der Waals surface area contributed by atoms with Crippen LogP contribution in [0.15, 0.2) is 6.20 Å². The number of aromatic nitrogens is 2. The number of hydrogen-bond donors (Lipinski definition) is 0. The molecule has 0 unspecified atom stereocenters. The molecule has 88 valence electrons. The van der Waals surface area contributed by atoms with Crippen molar-refractivity contribution >= 4 is 0 Å². The lowest BCUT2D eigenvalue weighted by Crippen LogP contribution is -2.17. The molecule has 0 aromatic carbocycles. The van der Waals surface area contributed by atoms with Gasteiger partial charge in [-0.25, -0.2) is 4.98 Å². The SMILES string of the molecule is c1c(CC2CCOCC2)nc2n1CCCC2. The van der Waals surface area contributed by atoms with Gasteiger partial charge in [0.05, 0.1) is 5.69 Å². The van der Waals surface area contributed by atoms with E-state index in [1.807, 2.05) is 0 Å². The molecule has 2 aliphatic heterocycles. The second-order valence-corrected chi connectivity index (χ2v) is 5.06. The van der Waals surface area contributed by atoms with Crippen LogP contribution in [-0.4, -0.2) is 22.8 Å². The lowest BCUT2D eigenvalue weighted by Gasteiger charge is -2.20. The van der Waals surface area contributed by atoms with E-state index >= 15 is 0 Å². The van der Waals surface area contributed by atoms with Gasteiger partial charge in [0.25, 0.3) is 0 Å². The summed E-state index contributed by atoms with van der Waals surface area (Å²) >= 11 is 0. The molecule has 0 radical (unpaired) electrons. The Hall–Kier alpha value is -0.830. The maximum Gasteiger partial charge on any atom is 0.108 e. The topological polar surface area (TPSA) is 27.1 Å². The van der Waals surface area contributed by atoms with Crippen LogP contribution in [0.4, 0.5) is 0 Å². The van der Waals surface area contributed by atoms with Gasteiger partial charge in [-0.1, -0.05) is 0 Å². The van der Waals surface area contributed by atoms with Gasteiger partial charge < -0.3 is 9.30 Å². The van der Waals surface area contributed by atoms with Gasteiger partial charge in [-0.2, -0.15) is 0 Å². The fraction of sp³-hybridized carbons (Fsp3) is 0.769. The van der Waals surface area contributed by atoms with Crippen molar-refractivity contribution in [2.24, 2.45) is 5.92 Å². The Morgan fingerprint density at radius 2 is 2.19 bits per heavy atom. The lowest BCUT2D eigenvalue weighted by molar-refractivity contribution is 0.0663. The average Bonchev–Trinajstić information content (AvgIpc) is 2.72. The number of imidazole rings is 1. The van der Waals surface area contributed by atoms with E-state index in [2.05, 4.69) is 10.8 Å². The highest BCUT2D eigenvalue weighted by molar-refractivity contribution is 5.07. The molecule has 3 heteroatoms. The second kappa shape index (κ2) is 4.58. The fourth-order valence-electron chi connectivity index (χ4n) is 2.82. The molecular formula is C13H20N2O. The Morgan fingerprint density at radius 1 is 1.31 bits per heavy atom. The van der Waals surface area contributed by atoms with Crippen molar-refractivity contribution in [2.75, 3.05) is 13.2 Å². The third-order valence-corrected chi connectivity index (χ3v) is 3.80. The molecular weight excluding hydrogens is 200 g/mol. The third-order valence-electron chi connectivity index (χ3n) is 3.80. The van der Waals surface area contributed by atoms with E-state index in [-0.39, 0.29) is 0 Å². The number of aryl methyl sites for hydroxylation is 2. The molecule has 0 spiro atoms. The molecule has 0 atom stereocenters. The standard InChI is InChI=1S/C13H20N2O/c1-2-6-15-10-12(14-13(15)3-1)9-11-4-7-16-8-5-11/h10-11H,1-9H2. The van der Waals surface area contributed by atoms with Gasteiger partial charge in [-0.3, -0.25) is 0 Å². The average molecular weight is 220 g/mol. The van der Waals surface area contributed by atoms with Crippen molar-refractivity contribution < 1.29 is 4.74 Å². The van der Waals surface area contributed by atoms with Crippen LogP contribution in [0.25, 0.3) is 0 Å². The van der Waals surface area contributed by atoms with E-state index in [1.54, 1.807) is 0 Å². The van der Waals surface area contributed by atoms with Gasteiger partial charge in [0, 0.05) is 32.4 Å².